The Morgan fingerprint density at radius 3 is 2.76 bits per heavy atom. The second-order valence-electron chi connectivity index (χ2n) is 5.09. The smallest absolute Gasteiger partial charge is 0.0236 e. The second kappa shape index (κ2) is 6.42. The van der Waals surface area contributed by atoms with E-state index in [0.717, 1.165) is 31.4 Å². The molecule has 0 spiro atoms. The monoisotopic (exact) mass is 251 g/mol. The highest BCUT2D eigenvalue weighted by Crippen LogP contribution is 2.26. The van der Waals surface area contributed by atoms with Crippen LogP contribution in [-0.2, 0) is 6.54 Å². The minimum Gasteiger partial charge on any atom is -0.296 e. The molecule has 0 amide bonds. The highest BCUT2D eigenvalue weighted by atomic mass is 35.5. The van der Waals surface area contributed by atoms with Crippen LogP contribution in [0.15, 0.2) is 24.3 Å². The van der Waals surface area contributed by atoms with Crippen LogP contribution in [0.3, 0.4) is 0 Å². The molecular formula is C15H22ClN. The van der Waals surface area contributed by atoms with Crippen molar-refractivity contribution in [3.8, 4) is 0 Å². The average molecular weight is 252 g/mol. The van der Waals surface area contributed by atoms with E-state index in [4.69, 9.17) is 11.6 Å². The van der Waals surface area contributed by atoms with E-state index in [0.29, 0.717) is 0 Å². The van der Waals surface area contributed by atoms with Crippen LogP contribution in [0.25, 0.3) is 0 Å². The van der Waals surface area contributed by atoms with E-state index in [-0.39, 0.29) is 0 Å². The van der Waals surface area contributed by atoms with Crippen molar-refractivity contribution in [1.29, 1.82) is 0 Å². The summed E-state index contributed by atoms with van der Waals surface area (Å²) in [5, 5.41) is 0. The Morgan fingerprint density at radius 2 is 2.18 bits per heavy atom. The van der Waals surface area contributed by atoms with Gasteiger partial charge in [0.05, 0.1) is 0 Å². The van der Waals surface area contributed by atoms with Crippen molar-refractivity contribution in [3.05, 3.63) is 35.4 Å². The van der Waals surface area contributed by atoms with Gasteiger partial charge in [-0.3, -0.25) is 4.90 Å². The van der Waals surface area contributed by atoms with Crippen LogP contribution >= 0.6 is 11.6 Å². The molecule has 0 unspecified atom stereocenters. The number of hydrogen-bond acceptors (Lipinski definition) is 1. The Labute approximate surface area is 110 Å². The fourth-order valence-electron chi connectivity index (χ4n) is 2.45. The van der Waals surface area contributed by atoms with E-state index >= 15 is 0 Å². The molecule has 1 aliphatic carbocycles. The Morgan fingerprint density at radius 1 is 1.35 bits per heavy atom. The molecular weight excluding hydrogens is 230 g/mol. The van der Waals surface area contributed by atoms with Crippen molar-refractivity contribution in [2.45, 2.75) is 45.2 Å². The van der Waals surface area contributed by atoms with Gasteiger partial charge in [0.15, 0.2) is 0 Å². The van der Waals surface area contributed by atoms with Gasteiger partial charge < -0.3 is 0 Å². The summed E-state index contributed by atoms with van der Waals surface area (Å²) in [5.74, 6) is 0.775. The van der Waals surface area contributed by atoms with Gasteiger partial charge in [-0.2, -0.15) is 0 Å². The Kier molecular flexibility index (Phi) is 4.87. The zero-order valence-corrected chi connectivity index (χ0v) is 11.4. The number of benzene rings is 1. The molecule has 94 valence electrons. The molecule has 0 aromatic heterocycles. The molecule has 0 N–H and O–H groups in total. The maximum Gasteiger partial charge on any atom is 0.0236 e. The maximum atomic E-state index is 5.81. The van der Waals surface area contributed by atoms with Crippen LogP contribution in [0.4, 0.5) is 0 Å². The predicted octanol–water partition coefficient (Wildman–Crippen LogP) is 3.98. The standard InChI is InChI=1S/C15H22ClN/c1-13-5-2-6-14(11-13)12-17(10-4-9-16)15-7-3-8-15/h2,5-6,11,15H,3-4,7-10,12H2,1H3. The lowest BCUT2D eigenvalue weighted by Crippen LogP contribution is -2.40. The molecule has 0 aliphatic heterocycles. The van der Waals surface area contributed by atoms with Gasteiger partial charge in [0.25, 0.3) is 0 Å². The molecule has 1 aliphatic rings. The number of hydrogen-bond donors (Lipinski definition) is 0. The zero-order valence-electron chi connectivity index (χ0n) is 10.7. The van der Waals surface area contributed by atoms with E-state index in [9.17, 15) is 0 Å². The first-order chi connectivity index (χ1) is 8.29. The Hall–Kier alpha value is -0.530. The van der Waals surface area contributed by atoms with Crippen LogP contribution in [0.5, 0.6) is 0 Å². The molecule has 1 saturated carbocycles. The first-order valence-electron chi connectivity index (χ1n) is 6.65. The third-order valence-electron chi connectivity index (χ3n) is 3.64. The van der Waals surface area contributed by atoms with E-state index in [2.05, 4.69) is 36.1 Å². The number of alkyl halides is 1. The van der Waals surface area contributed by atoms with Crippen LogP contribution in [-0.4, -0.2) is 23.4 Å². The molecule has 17 heavy (non-hydrogen) atoms. The summed E-state index contributed by atoms with van der Waals surface area (Å²) in [6, 6.07) is 9.66. The first-order valence-corrected chi connectivity index (χ1v) is 7.18. The highest BCUT2D eigenvalue weighted by molar-refractivity contribution is 6.17. The number of rotatable bonds is 6. The SMILES string of the molecule is Cc1cccc(CN(CCCCl)C2CCC2)c1. The summed E-state index contributed by atoms with van der Waals surface area (Å²) in [6.45, 7) is 4.39. The molecule has 0 saturated heterocycles. The lowest BCUT2D eigenvalue weighted by molar-refractivity contribution is 0.120. The lowest BCUT2D eigenvalue weighted by Gasteiger charge is -2.37. The van der Waals surface area contributed by atoms with Gasteiger partial charge in [0.2, 0.25) is 0 Å². The molecule has 0 atom stereocenters. The van der Waals surface area contributed by atoms with Crippen molar-refractivity contribution in [1.82, 2.24) is 4.90 Å². The number of aryl methyl sites for hydroxylation is 1. The highest BCUT2D eigenvalue weighted by Gasteiger charge is 2.24. The molecule has 0 radical (unpaired) electrons. The van der Waals surface area contributed by atoms with Crippen LogP contribution in [0.1, 0.15) is 36.8 Å². The van der Waals surface area contributed by atoms with Gasteiger partial charge in [-0.15, -0.1) is 11.6 Å². The minimum absolute atomic E-state index is 0.775. The summed E-state index contributed by atoms with van der Waals surface area (Å²) >= 11 is 5.81. The average Bonchev–Trinajstić information content (AvgIpc) is 2.23. The van der Waals surface area contributed by atoms with Gasteiger partial charge in [-0.05, 0) is 38.3 Å². The van der Waals surface area contributed by atoms with Gasteiger partial charge in [-0.1, -0.05) is 36.2 Å². The first kappa shape index (κ1) is 12.9. The number of halogens is 1. The molecule has 0 bridgehead atoms. The zero-order chi connectivity index (χ0) is 12.1. The Bertz CT molecular complexity index is 347. The van der Waals surface area contributed by atoms with Gasteiger partial charge >= 0.3 is 0 Å². The van der Waals surface area contributed by atoms with Crippen molar-refractivity contribution >= 4 is 11.6 Å². The van der Waals surface area contributed by atoms with E-state index in [1.165, 1.54) is 30.4 Å². The summed E-state index contributed by atoms with van der Waals surface area (Å²) < 4.78 is 0. The van der Waals surface area contributed by atoms with Gasteiger partial charge in [-0.25, -0.2) is 0 Å². The van der Waals surface area contributed by atoms with Crippen molar-refractivity contribution in [2.24, 2.45) is 0 Å². The van der Waals surface area contributed by atoms with E-state index in [1.54, 1.807) is 0 Å². The van der Waals surface area contributed by atoms with Crippen LogP contribution in [0.2, 0.25) is 0 Å². The van der Waals surface area contributed by atoms with E-state index in [1.807, 2.05) is 0 Å². The predicted molar refractivity (Wildman–Crippen MR) is 74.6 cm³/mol. The second-order valence-corrected chi connectivity index (χ2v) is 5.46. The summed E-state index contributed by atoms with van der Waals surface area (Å²) in [4.78, 5) is 2.61. The molecule has 1 nitrogen and oxygen atoms in total. The minimum atomic E-state index is 0.775. The summed E-state index contributed by atoms with van der Waals surface area (Å²) in [6.07, 6.45) is 5.24. The summed E-state index contributed by atoms with van der Waals surface area (Å²) in [7, 11) is 0. The Balaban J connectivity index is 1.95. The van der Waals surface area contributed by atoms with Crippen molar-refractivity contribution in [2.75, 3.05) is 12.4 Å². The van der Waals surface area contributed by atoms with Crippen LogP contribution < -0.4 is 0 Å². The molecule has 1 aromatic carbocycles. The molecule has 2 rings (SSSR count). The number of nitrogens with zero attached hydrogens (tertiary/aromatic N) is 1. The largest absolute Gasteiger partial charge is 0.296 e. The fourth-order valence-corrected chi connectivity index (χ4v) is 2.57. The van der Waals surface area contributed by atoms with Crippen LogP contribution in [0, 0.1) is 6.92 Å². The molecule has 1 aromatic rings. The third-order valence-corrected chi connectivity index (χ3v) is 3.91. The van der Waals surface area contributed by atoms with Crippen molar-refractivity contribution in [3.63, 3.8) is 0 Å². The summed E-state index contributed by atoms with van der Waals surface area (Å²) in [5.41, 5.74) is 2.79. The molecule has 2 heteroatoms. The third kappa shape index (κ3) is 3.72. The quantitative estimate of drug-likeness (QED) is 0.692. The maximum absolute atomic E-state index is 5.81. The molecule has 0 heterocycles. The van der Waals surface area contributed by atoms with Crippen molar-refractivity contribution < 1.29 is 0 Å². The van der Waals surface area contributed by atoms with E-state index < -0.39 is 0 Å². The lowest BCUT2D eigenvalue weighted by atomic mass is 9.91. The topological polar surface area (TPSA) is 3.24 Å². The fraction of sp³-hybridized carbons (Fsp3) is 0.600. The van der Waals surface area contributed by atoms with Gasteiger partial charge in [0, 0.05) is 18.5 Å². The van der Waals surface area contributed by atoms with Gasteiger partial charge in [0.1, 0.15) is 0 Å². The normalized spacial score (nSPS) is 16.2. The molecule has 1 fully saturated rings.